The number of halogens is 5. The average molecular weight is 517 g/mol. The first-order valence-electron chi connectivity index (χ1n) is 11.0. The standard InChI is InChI=1S/C25H20F5N5O2/c1-12-4-6-16(19-8-9-21-33-20(32-14(3)36)11-35(21)34-19)23(27)22(12)24(37)31-13(2)17-10-15(25(28,29)30)5-7-18(17)26/h4-11,13H,1-3H3,(H,31,37)(H,32,36)/t13-/m1/s1. The second kappa shape index (κ2) is 9.60. The summed E-state index contributed by atoms with van der Waals surface area (Å²) >= 11 is 0. The Kier molecular flexibility index (Phi) is 6.68. The number of hydrogen-bond acceptors (Lipinski definition) is 4. The van der Waals surface area contributed by atoms with E-state index in [1.165, 1.54) is 49.7 Å². The molecule has 37 heavy (non-hydrogen) atoms. The van der Waals surface area contributed by atoms with Gasteiger partial charge in [-0.15, -0.1) is 0 Å². The molecule has 0 saturated carbocycles. The molecular formula is C25H20F5N5O2. The van der Waals surface area contributed by atoms with E-state index in [2.05, 4.69) is 20.7 Å². The number of aromatic nitrogens is 3. The number of fused-ring (bicyclic) bond motifs is 1. The van der Waals surface area contributed by atoms with Crippen LogP contribution < -0.4 is 10.6 Å². The summed E-state index contributed by atoms with van der Waals surface area (Å²) in [6.07, 6.45) is -3.26. The Balaban J connectivity index is 1.66. The van der Waals surface area contributed by atoms with E-state index in [4.69, 9.17) is 0 Å². The molecule has 0 aliphatic heterocycles. The molecule has 4 rings (SSSR count). The van der Waals surface area contributed by atoms with E-state index in [0.717, 1.165) is 0 Å². The van der Waals surface area contributed by atoms with Crippen LogP contribution in [0.15, 0.2) is 48.7 Å². The second-order valence-corrected chi connectivity index (χ2v) is 8.38. The number of imidazole rings is 1. The maximum atomic E-state index is 15.6. The minimum Gasteiger partial charge on any atom is -0.345 e. The zero-order valence-electron chi connectivity index (χ0n) is 19.7. The highest BCUT2D eigenvalue weighted by atomic mass is 19.4. The predicted octanol–water partition coefficient (Wildman–Crippen LogP) is 5.45. The highest BCUT2D eigenvalue weighted by Crippen LogP contribution is 2.32. The van der Waals surface area contributed by atoms with E-state index < -0.39 is 35.3 Å². The van der Waals surface area contributed by atoms with Crippen LogP contribution in [0.5, 0.6) is 0 Å². The van der Waals surface area contributed by atoms with E-state index in [1.807, 2.05) is 0 Å². The fraction of sp³-hybridized carbons (Fsp3) is 0.200. The minimum atomic E-state index is -4.70. The van der Waals surface area contributed by atoms with Gasteiger partial charge in [-0.3, -0.25) is 9.59 Å². The molecule has 0 spiro atoms. The largest absolute Gasteiger partial charge is 0.416 e. The van der Waals surface area contributed by atoms with Gasteiger partial charge in [0.2, 0.25) is 5.91 Å². The number of amides is 2. The van der Waals surface area contributed by atoms with Gasteiger partial charge in [-0.05, 0) is 55.8 Å². The van der Waals surface area contributed by atoms with Crippen molar-refractivity contribution in [2.45, 2.75) is 33.0 Å². The molecule has 0 aliphatic carbocycles. The summed E-state index contributed by atoms with van der Waals surface area (Å²) in [7, 11) is 0. The van der Waals surface area contributed by atoms with E-state index in [-0.39, 0.29) is 39.7 Å². The molecule has 0 bridgehead atoms. The van der Waals surface area contributed by atoms with E-state index in [1.54, 1.807) is 6.07 Å². The van der Waals surface area contributed by atoms with Crippen molar-refractivity contribution < 1.29 is 31.5 Å². The van der Waals surface area contributed by atoms with Crippen LogP contribution in [0.3, 0.4) is 0 Å². The molecule has 192 valence electrons. The zero-order valence-corrected chi connectivity index (χ0v) is 19.7. The van der Waals surface area contributed by atoms with E-state index in [0.29, 0.717) is 23.8 Å². The number of aryl methyl sites for hydroxylation is 1. The summed E-state index contributed by atoms with van der Waals surface area (Å²) in [6.45, 7) is 4.11. The van der Waals surface area contributed by atoms with E-state index >= 15 is 4.39 Å². The Morgan fingerprint density at radius 3 is 2.46 bits per heavy atom. The van der Waals surface area contributed by atoms with Crippen LogP contribution in [0.2, 0.25) is 0 Å². The number of alkyl halides is 3. The number of benzene rings is 2. The second-order valence-electron chi connectivity index (χ2n) is 8.38. The van der Waals surface area contributed by atoms with Gasteiger partial charge in [-0.2, -0.15) is 18.3 Å². The normalized spacial score (nSPS) is 12.4. The monoisotopic (exact) mass is 517 g/mol. The van der Waals surface area contributed by atoms with Crippen molar-refractivity contribution in [3.05, 3.63) is 82.5 Å². The SMILES string of the molecule is CC(=O)Nc1cn2nc(-c3ccc(C)c(C(=O)N[C@H](C)c4cc(C(F)(F)F)ccc4F)c3F)ccc2n1. The Morgan fingerprint density at radius 1 is 1.05 bits per heavy atom. The van der Waals surface area contributed by atoms with Crippen molar-refractivity contribution in [3.8, 4) is 11.3 Å². The molecular weight excluding hydrogens is 497 g/mol. The first kappa shape index (κ1) is 25.7. The predicted molar refractivity (Wildman–Crippen MR) is 125 cm³/mol. The molecule has 7 nitrogen and oxygen atoms in total. The Hall–Kier alpha value is -4.35. The molecule has 0 fully saturated rings. The number of carbonyl (C=O) groups is 2. The Morgan fingerprint density at radius 2 is 1.78 bits per heavy atom. The van der Waals surface area contributed by atoms with Crippen LogP contribution in [-0.4, -0.2) is 26.4 Å². The molecule has 2 aromatic carbocycles. The summed E-state index contributed by atoms with van der Waals surface area (Å²) in [6, 6.07) is 6.64. The molecule has 12 heteroatoms. The first-order valence-corrected chi connectivity index (χ1v) is 11.0. The van der Waals surface area contributed by atoms with Gasteiger partial charge >= 0.3 is 6.18 Å². The van der Waals surface area contributed by atoms with Crippen molar-refractivity contribution in [2.75, 3.05) is 5.32 Å². The molecule has 0 unspecified atom stereocenters. The number of rotatable bonds is 5. The smallest absolute Gasteiger partial charge is 0.345 e. The average Bonchev–Trinajstić information content (AvgIpc) is 3.19. The van der Waals surface area contributed by atoms with Crippen molar-refractivity contribution >= 4 is 23.3 Å². The number of hydrogen-bond donors (Lipinski definition) is 2. The van der Waals surface area contributed by atoms with Crippen molar-refractivity contribution in [1.82, 2.24) is 19.9 Å². The van der Waals surface area contributed by atoms with Crippen molar-refractivity contribution in [1.29, 1.82) is 0 Å². The molecule has 2 N–H and O–H groups in total. The van der Waals surface area contributed by atoms with Gasteiger partial charge in [0.1, 0.15) is 11.6 Å². The van der Waals surface area contributed by atoms with Crippen LogP contribution in [0.4, 0.5) is 27.8 Å². The summed E-state index contributed by atoms with van der Waals surface area (Å²) < 4.78 is 70.4. The number of nitrogens with zero attached hydrogens (tertiary/aromatic N) is 3. The van der Waals surface area contributed by atoms with Gasteiger partial charge in [-0.1, -0.05) is 6.07 Å². The molecule has 0 aliphatic rings. The maximum Gasteiger partial charge on any atom is 0.416 e. The van der Waals surface area contributed by atoms with Crippen LogP contribution in [0.1, 0.15) is 46.9 Å². The summed E-state index contributed by atoms with van der Waals surface area (Å²) in [5.74, 6) is -2.87. The number of carbonyl (C=O) groups excluding carboxylic acids is 2. The lowest BCUT2D eigenvalue weighted by molar-refractivity contribution is -0.137. The lowest BCUT2D eigenvalue weighted by atomic mass is 9.99. The molecule has 2 aromatic heterocycles. The summed E-state index contributed by atoms with van der Waals surface area (Å²) in [5.41, 5.74) is -1.05. The van der Waals surface area contributed by atoms with Crippen LogP contribution >= 0.6 is 0 Å². The Labute approximate surface area is 207 Å². The zero-order chi connectivity index (χ0) is 27.1. The quantitative estimate of drug-likeness (QED) is 0.345. The van der Waals surface area contributed by atoms with Crippen molar-refractivity contribution in [2.24, 2.45) is 0 Å². The minimum absolute atomic E-state index is 0.0228. The number of anilines is 1. The lowest BCUT2D eigenvalue weighted by Crippen LogP contribution is -2.29. The van der Waals surface area contributed by atoms with Crippen molar-refractivity contribution in [3.63, 3.8) is 0 Å². The third kappa shape index (κ3) is 5.27. The highest BCUT2D eigenvalue weighted by molar-refractivity contribution is 5.97. The number of nitrogens with one attached hydrogen (secondary N) is 2. The van der Waals surface area contributed by atoms with Crippen LogP contribution in [-0.2, 0) is 11.0 Å². The van der Waals surface area contributed by atoms with Gasteiger partial charge in [-0.25, -0.2) is 18.3 Å². The third-order valence-corrected chi connectivity index (χ3v) is 5.61. The van der Waals surface area contributed by atoms with Gasteiger partial charge in [0.15, 0.2) is 11.5 Å². The highest BCUT2D eigenvalue weighted by Gasteiger charge is 2.32. The van der Waals surface area contributed by atoms with E-state index in [9.17, 15) is 27.2 Å². The fourth-order valence-electron chi connectivity index (χ4n) is 3.81. The molecule has 4 aromatic rings. The van der Waals surface area contributed by atoms with Crippen LogP contribution in [0.25, 0.3) is 16.9 Å². The third-order valence-electron chi connectivity index (χ3n) is 5.61. The van der Waals surface area contributed by atoms with Gasteiger partial charge in [0.25, 0.3) is 5.91 Å². The van der Waals surface area contributed by atoms with Gasteiger partial charge < -0.3 is 10.6 Å². The molecule has 1 atom stereocenters. The summed E-state index contributed by atoms with van der Waals surface area (Å²) in [4.78, 5) is 28.4. The Bertz CT molecular complexity index is 1530. The molecule has 0 radical (unpaired) electrons. The first-order chi connectivity index (χ1) is 17.3. The molecule has 2 amide bonds. The lowest BCUT2D eigenvalue weighted by Gasteiger charge is -2.18. The van der Waals surface area contributed by atoms with Gasteiger partial charge in [0, 0.05) is 18.1 Å². The molecule has 2 heterocycles. The van der Waals surface area contributed by atoms with Crippen LogP contribution in [0, 0.1) is 18.6 Å². The topological polar surface area (TPSA) is 88.4 Å². The van der Waals surface area contributed by atoms with Gasteiger partial charge in [0.05, 0.1) is 29.1 Å². The maximum absolute atomic E-state index is 15.6. The fourth-order valence-corrected chi connectivity index (χ4v) is 3.81. The summed E-state index contributed by atoms with van der Waals surface area (Å²) in [5, 5.41) is 9.19. The molecule has 0 saturated heterocycles.